The monoisotopic (exact) mass is 220 g/mol. The summed E-state index contributed by atoms with van der Waals surface area (Å²) in [5.41, 5.74) is 0.720. The molecule has 0 radical (unpaired) electrons. The molecule has 1 aromatic carbocycles. The molecule has 0 bridgehead atoms. The zero-order chi connectivity index (χ0) is 11.4. The number of H-pyrrole nitrogens is 1. The predicted molar refractivity (Wildman–Crippen MR) is 56.7 cm³/mol. The summed E-state index contributed by atoms with van der Waals surface area (Å²) in [6.07, 6.45) is 1.44. The van der Waals surface area contributed by atoms with Crippen molar-refractivity contribution in [3.05, 3.63) is 35.9 Å². The van der Waals surface area contributed by atoms with Gasteiger partial charge in [0, 0.05) is 18.2 Å². The van der Waals surface area contributed by atoms with Crippen LogP contribution in [-0.2, 0) is 13.1 Å². The van der Waals surface area contributed by atoms with Gasteiger partial charge in [0.1, 0.15) is 23.7 Å². The third kappa shape index (κ3) is 2.48. The van der Waals surface area contributed by atoms with Crippen molar-refractivity contribution >= 4 is 0 Å². The second-order valence-electron chi connectivity index (χ2n) is 3.35. The molecule has 0 fully saturated rings. The number of nitrogens with one attached hydrogen (secondary N) is 2. The Bertz CT molecular complexity index is 456. The van der Waals surface area contributed by atoms with E-state index < -0.39 is 0 Å². The maximum Gasteiger partial charge on any atom is 0.138 e. The lowest BCUT2D eigenvalue weighted by Gasteiger charge is -2.05. The molecule has 0 saturated heterocycles. The Hall–Kier alpha value is -2.08. The third-order valence-corrected chi connectivity index (χ3v) is 2.14. The molecule has 0 aliphatic carbocycles. The Morgan fingerprint density at radius 2 is 2.12 bits per heavy atom. The minimum Gasteiger partial charge on any atom is -0.508 e. The highest BCUT2D eigenvalue weighted by Gasteiger charge is 2.02. The van der Waals surface area contributed by atoms with Crippen LogP contribution in [0.4, 0.5) is 0 Å². The summed E-state index contributed by atoms with van der Waals surface area (Å²) in [4.78, 5) is 3.95. The highest BCUT2D eigenvalue weighted by Crippen LogP contribution is 2.22. The number of aromatic nitrogens is 3. The first kappa shape index (κ1) is 10.4. The first-order valence-corrected chi connectivity index (χ1v) is 4.81. The van der Waals surface area contributed by atoms with Crippen molar-refractivity contribution in [2.75, 3.05) is 0 Å². The van der Waals surface area contributed by atoms with Crippen LogP contribution in [-0.4, -0.2) is 25.4 Å². The van der Waals surface area contributed by atoms with Crippen LogP contribution in [0.3, 0.4) is 0 Å². The average molecular weight is 220 g/mol. The molecule has 6 nitrogen and oxygen atoms in total. The van der Waals surface area contributed by atoms with Gasteiger partial charge in [0.25, 0.3) is 0 Å². The summed E-state index contributed by atoms with van der Waals surface area (Å²) in [5, 5.41) is 28.2. The normalized spacial score (nSPS) is 10.5. The van der Waals surface area contributed by atoms with Crippen LogP contribution in [0.2, 0.25) is 0 Å². The summed E-state index contributed by atoms with van der Waals surface area (Å²) in [6, 6.07) is 4.51. The molecule has 16 heavy (non-hydrogen) atoms. The van der Waals surface area contributed by atoms with Crippen LogP contribution in [0.5, 0.6) is 11.5 Å². The van der Waals surface area contributed by atoms with E-state index in [1.54, 1.807) is 6.07 Å². The predicted octanol–water partition coefficient (Wildman–Crippen LogP) is 0.506. The molecule has 0 aliphatic heterocycles. The summed E-state index contributed by atoms with van der Waals surface area (Å²) in [5.74, 6) is 0.861. The van der Waals surface area contributed by atoms with E-state index in [-0.39, 0.29) is 11.5 Å². The van der Waals surface area contributed by atoms with Crippen molar-refractivity contribution in [2.24, 2.45) is 0 Å². The van der Waals surface area contributed by atoms with Gasteiger partial charge in [0.05, 0.1) is 6.54 Å². The number of benzene rings is 1. The van der Waals surface area contributed by atoms with Crippen molar-refractivity contribution in [1.29, 1.82) is 0 Å². The SMILES string of the molecule is Oc1ccc(CNCc2ncn[nH]2)c(O)c1. The fourth-order valence-corrected chi connectivity index (χ4v) is 1.33. The lowest BCUT2D eigenvalue weighted by Crippen LogP contribution is -2.13. The molecule has 2 aromatic rings. The summed E-state index contributed by atoms with van der Waals surface area (Å²) < 4.78 is 0. The van der Waals surface area contributed by atoms with Crippen molar-refractivity contribution in [3.8, 4) is 11.5 Å². The van der Waals surface area contributed by atoms with Crippen molar-refractivity contribution < 1.29 is 10.2 Å². The summed E-state index contributed by atoms with van der Waals surface area (Å²) in [7, 11) is 0. The standard InChI is InChI=1S/C10H12N4O2/c15-8-2-1-7(9(16)3-8)4-11-5-10-12-6-13-14-10/h1-3,6,11,15-16H,4-5H2,(H,12,13,14). The van der Waals surface area contributed by atoms with Gasteiger partial charge in [0.2, 0.25) is 0 Å². The fourth-order valence-electron chi connectivity index (χ4n) is 1.33. The number of hydrogen-bond acceptors (Lipinski definition) is 5. The fraction of sp³-hybridized carbons (Fsp3) is 0.200. The Morgan fingerprint density at radius 3 is 2.81 bits per heavy atom. The van der Waals surface area contributed by atoms with Gasteiger partial charge in [-0.25, -0.2) is 4.98 Å². The number of hydrogen-bond donors (Lipinski definition) is 4. The average Bonchev–Trinajstić information content (AvgIpc) is 2.74. The van der Waals surface area contributed by atoms with Gasteiger partial charge in [-0.3, -0.25) is 5.10 Å². The second-order valence-corrected chi connectivity index (χ2v) is 3.35. The van der Waals surface area contributed by atoms with Crippen LogP contribution in [0, 0.1) is 0 Å². The van der Waals surface area contributed by atoms with Crippen molar-refractivity contribution in [2.45, 2.75) is 13.1 Å². The molecule has 84 valence electrons. The van der Waals surface area contributed by atoms with Crippen molar-refractivity contribution in [3.63, 3.8) is 0 Å². The summed E-state index contributed by atoms with van der Waals surface area (Å²) in [6.45, 7) is 1.03. The van der Waals surface area contributed by atoms with Gasteiger partial charge in [-0.05, 0) is 6.07 Å². The van der Waals surface area contributed by atoms with E-state index in [0.29, 0.717) is 13.1 Å². The molecule has 0 unspecified atom stereocenters. The van der Waals surface area contributed by atoms with E-state index in [0.717, 1.165) is 11.4 Å². The molecule has 0 atom stereocenters. The molecule has 1 aromatic heterocycles. The van der Waals surface area contributed by atoms with E-state index in [2.05, 4.69) is 20.5 Å². The minimum atomic E-state index is 0.0523. The molecule has 2 rings (SSSR count). The number of nitrogens with zero attached hydrogens (tertiary/aromatic N) is 2. The Kier molecular flexibility index (Phi) is 3.02. The third-order valence-electron chi connectivity index (χ3n) is 2.14. The van der Waals surface area contributed by atoms with Gasteiger partial charge < -0.3 is 15.5 Å². The van der Waals surface area contributed by atoms with E-state index in [1.165, 1.54) is 18.5 Å². The second kappa shape index (κ2) is 4.63. The number of aromatic hydroxyl groups is 2. The molecule has 4 N–H and O–H groups in total. The topological polar surface area (TPSA) is 94.1 Å². The van der Waals surface area contributed by atoms with Gasteiger partial charge in [0.15, 0.2) is 0 Å². The van der Waals surface area contributed by atoms with Crippen LogP contribution >= 0.6 is 0 Å². The molecule has 1 heterocycles. The van der Waals surface area contributed by atoms with Gasteiger partial charge in [-0.15, -0.1) is 0 Å². The van der Waals surface area contributed by atoms with Gasteiger partial charge in [-0.1, -0.05) is 6.07 Å². The van der Waals surface area contributed by atoms with Gasteiger partial charge in [-0.2, -0.15) is 5.10 Å². The maximum absolute atomic E-state index is 9.51. The van der Waals surface area contributed by atoms with E-state index in [9.17, 15) is 5.11 Å². The number of rotatable bonds is 4. The number of phenols is 2. The van der Waals surface area contributed by atoms with Crippen LogP contribution in [0.1, 0.15) is 11.4 Å². The molecule has 0 amide bonds. The smallest absolute Gasteiger partial charge is 0.138 e. The van der Waals surface area contributed by atoms with E-state index in [1.807, 2.05) is 0 Å². The molecular formula is C10H12N4O2. The van der Waals surface area contributed by atoms with E-state index in [4.69, 9.17) is 5.11 Å². The molecule has 0 aliphatic rings. The highest BCUT2D eigenvalue weighted by atomic mass is 16.3. The zero-order valence-corrected chi connectivity index (χ0v) is 8.51. The van der Waals surface area contributed by atoms with E-state index >= 15 is 0 Å². The molecule has 0 spiro atoms. The lowest BCUT2D eigenvalue weighted by atomic mass is 10.2. The van der Waals surface area contributed by atoms with Crippen LogP contribution in [0.15, 0.2) is 24.5 Å². The maximum atomic E-state index is 9.51. The molecular weight excluding hydrogens is 208 g/mol. The highest BCUT2D eigenvalue weighted by molar-refractivity contribution is 5.38. The Labute approximate surface area is 92.0 Å². The zero-order valence-electron chi connectivity index (χ0n) is 8.51. The lowest BCUT2D eigenvalue weighted by molar-refractivity contribution is 0.443. The number of aromatic amines is 1. The molecule has 0 saturated carbocycles. The first-order chi connectivity index (χ1) is 7.75. The Morgan fingerprint density at radius 1 is 1.25 bits per heavy atom. The minimum absolute atomic E-state index is 0.0523. The quantitative estimate of drug-likeness (QED) is 0.602. The Balaban J connectivity index is 1.90. The molecule has 6 heteroatoms. The van der Waals surface area contributed by atoms with Crippen molar-refractivity contribution in [1.82, 2.24) is 20.5 Å². The first-order valence-electron chi connectivity index (χ1n) is 4.81. The van der Waals surface area contributed by atoms with Gasteiger partial charge >= 0.3 is 0 Å². The van der Waals surface area contributed by atoms with Crippen LogP contribution < -0.4 is 5.32 Å². The summed E-state index contributed by atoms with van der Waals surface area (Å²) >= 11 is 0. The number of phenolic OH excluding ortho intramolecular Hbond substituents is 2. The largest absolute Gasteiger partial charge is 0.508 e. The van der Waals surface area contributed by atoms with Crippen LogP contribution in [0.25, 0.3) is 0 Å².